The van der Waals surface area contributed by atoms with Gasteiger partial charge >= 0.3 is 0 Å². The molecule has 7 heteroatoms. The molecule has 0 aliphatic carbocycles. The summed E-state index contributed by atoms with van der Waals surface area (Å²) in [7, 11) is -2.86. The molecule has 0 amide bonds. The van der Waals surface area contributed by atoms with E-state index in [2.05, 4.69) is 4.84 Å². The highest BCUT2D eigenvalue weighted by molar-refractivity contribution is 7.89. The van der Waals surface area contributed by atoms with Gasteiger partial charge in [0.1, 0.15) is 0 Å². The third-order valence-electron chi connectivity index (χ3n) is 1.77. The third kappa shape index (κ3) is 2.31. The molecule has 0 radical (unpaired) electrons. The first-order chi connectivity index (χ1) is 6.90. The minimum absolute atomic E-state index is 0.292. The Labute approximate surface area is 85.9 Å². The quantitative estimate of drug-likeness (QED) is 0.801. The van der Waals surface area contributed by atoms with Crippen molar-refractivity contribution in [2.45, 2.75) is 11.8 Å². The lowest BCUT2D eigenvalue weighted by Crippen LogP contribution is -2.23. The lowest BCUT2D eigenvalue weighted by molar-refractivity contribution is 0.153. The highest BCUT2D eigenvalue weighted by atomic mass is 32.2. The van der Waals surface area contributed by atoms with Crippen LogP contribution in [0.15, 0.2) is 17.0 Å². The average molecular weight is 237 g/mol. The van der Waals surface area contributed by atoms with E-state index in [1.807, 2.05) is 0 Å². The summed E-state index contributed by atoms with van der Waals surface area (Å²) in [5, 5.41) is 0. The van der Waals surface area contributed by atoms with E-state index in [0.717, 1.165) is 19.2 Å². The molecule has 0 saturated heterocycles. The molecule has 15 heavy (non-hydrogen) atoms. The van der Waals surface area contributed by atoms with Crippen LogP contribution in [-0.2, 0) is 14.9 Å². The van der Waals surface area contributed by atoms with Crippen LogP contribution in [0.25, 0.3) is 0 Å². The molecule has 0 fully saturated rings. The van der Waals surface area contributed by atoms with Crippen LogP contribution in [0.2, 0.25) is 0 Å². The van der Waals surface area contributed by atoms with E-state index in [9.17, 15) is 17.2 Å². The van der Waals surface area contributed by atoms with Crippen LogP contribution >= 0.6 is 0 Å². The van der Waals surface area contributed by atoms with Crippen LogP contribution in [0.5, 0.6) is 0 Å². The molecule has 0 saturated carbocycles. The van der Waals surface area contributed by atoms with Gasteiger partial charge in [0.05, 0.1) is 12.0 Å². The molecule has 0 aliphatic heterocycles. The zero-order valence-electron chi connectivity index (χ0n) is 8.04. The molecule has 1 rings (SSSR count). The number of benzene rings is 1. The summed E-state index contributed by atoms with van der Waals surface area (Å²) in [6.07, 6.45) is 0. The molecule has 0 heterocycles. The topological polar surface area (TPSA) is 55.4 Å². The normalized spacial score (nSPS) is 11.7. The fourth-order valence-electron chi connectivity index (χ4n) is 1.08. The standard InChI is InChI=1S/C8H9F2NO3S/c1-5-7(15(12,13)11-14-2)4-3-6(9)8(5)10/h3-4,11H,1-2H3. The van der Waals surface area contributed by atoms with Crippen LogP contribution in [0.3, 0.4) is 0 Å². The van der Waals surface area contributed by atoms with E-state index >= 15 is 0 Å². The minimum Gasteiger partial charge on any atom is -0.290 e. The van der Waals surface area contributed by atoms with Crippen molar-refractivity contribution in [3.63, 3.8) is 0 Å². The summed E-state index contributed by atoms with van der Waals surface area (Å²) in [5.74, 6) is -2.28. The van der Waals surface area contributed by atoms with Gasteiger partial charge in [0, 0.05) is 5.56 Å². The fourth-order valence-corrected chi connectivity index (χ4v) is 2.13. The largest absolute Gasteiger partial charge is 0.290 e. The number of hydrogen-bond donors (Lipinski definition) is 1. The Balaban J connectivity index is 3.34. The first-order valence-corrected chi connectivity index (χ1v) is 5.38. The highest BCUT2D eigenvalue weighted by Gasteiger charge is 2.20. The summed E-state index contributed by atoms with van der Waals surface area (Å²) in [4.78, 5) is 5.58. The Bertz CT molecular complexity index is 473. The smallest absolute Gasteiger partial charge is 0.262 e. The van der Waals surface area contributed by atoms with Crippen molar-refractivity contribution in [3.8, 4) is 0 Å². The molecule has 0 atom stereocenters. The van der Waals surface area contributed by atoms with Crippen molar-refractivity contribution >= 4 is 10.0 Å². The van der Waals surface area contributed by atoms with Crippen molar-refractivity contribution in [1.82, 2.24) is 4.89 Å². The van der Waals surface area contributed by atoms with Crippen LogP contribution in [-0.4, -0.2) is 15.5 Å². The predicted octanol–water partition coefficient (Wildman–Crippen LogP) is 1.11. The van der Waals surface area contributed by atoms with E-state index in [0.29, 0.717) is 0 Å². The molecule has 1 aromatic rings. The maximum Gasteiger partial charge on any atom is 0.262 e. The first kappa shape index (κ1) is 12.0. The van der Waals surface area contributed by atoms with Gasteiger partial charge in [0.25, 0.3) is 10.0 Å². The van der Waals surface area contributed by atoms with E-state index in [4.69, 9.17) is 0 Å². The number of hydrogen-bond acceptors (Lipinski definition) is 3. The van der Waals surface area contributed by atoms with Gasteiger partial charge in [-0.05, 0) is 19.1 Å². The van der Waals surface area contributed by atoms with E-state index in [1.54, 1.807) is 4.89 Å². The summed E-state index contributed by atoms with van der Waals surface area (Å²) < 4.78 is 48.5. The second kappa shape index (κ2) is 4.21. The van der Waals surface area contributed by atoms with Gasteiger partial charge in [-0.15, -0.1) is 0 Å². The van der Waals surface area contributed by atoms with Crippen molar-refractivity contribution in [1.29, 1.82) is 0 Å². The van der Waals surface area contributed by atoms with Gasteiger partial charge in [-0.3, -0.25) is 4.84 Å². The first-order valence-electron chi connectivity index (χ1n) is 3.89. The van der Waals surface area contributed by atoms with Gasteiger partial charge in [0.15, 0.2) is 11.6 Å². The molecule has 1 N–H and O–H groups in total. The van der Waals surface area contributed by atoms with E-state index in [-0.39, 0.29) is 10.5 Å². The van der Waals surface area contributed by atoms with E-state index < -0.39 is 21.7 Å². The number of sulfonamides is 1. The Morgan fingerprint density at radius 1 is 1.33 bits per heavy atom. The van der Waals surface area contributed by atoms with Crippen LogP contribution in [0.1, 0.15) is 5.56 Å². The van der Waals surface area contributed by atoms with Crippen molar-refractivity contribution in [2.24, 2.45) is 0 Å². The van der Waals surface area contributed by atoms with Gasteiger partial charge in [0.2, 0.25) is 0 Å². The zero-order chi connectivity index (χ0) is 11.6. The molecule has 0 aliphatic rings. The molecular formula is C8H9F2NO3S. The van der Waals surface area contributed by atoms with Gasteiger partial charge < -0.3 is 0 Å². The lowest BCUT2D eigenvalue weighted by Gasteiger charge is -2.08. The Morgan fingerprint density at radius 3 is 2.47 bits per heavy atom. The maximum absolute atomic E-state index is 13.1. The molecule has 1 aromatic carbocycles. The Morgan fingerprint density at radius 2 is 1.93 bits per heavy atom. The van der Waals surface area contributed by atoms with Crippen molar-refractivity contribution < 1.29 is 22.0 Å². The molecule has 0 unspecified atom stereocenters. The summed E-state index contributed by atoms with van der Waals surface area (Å²) >= 11 is 0. The van der Waals surface area contributed by atoms with E-state index in [1.165, 1.54) is 6.92 Å². The number of halogens is 2. The van der Waals surface area contributed by atoms with Crippen molar-refractivity contribution in [3.05, 3.63) is 29.3 Å². The third-order valence-corrected chi connectivity index (χ3v) is 3.18. The lowest BCUT2D eigenvalue weighted by atomic mass is 10.2. The second-order valence-electron chi connectivity index (χ2n) is 2.78. The summed E-state index contributed by atoms with van der Waals surface area (Å²) in [6.45, 7) is 1.17. The van der Waals surface area contributed by atoms with Crippen LogP contribution in [0, 0.1) is 18.6 Å². The molecule has 0 spiro atoms. The SMILES string of the molecule is CONS(=O)(=O)c1ccc(F)c(F)c1C. The number of nitrogens with one attached hydrogen (secondary N) is 1. The second-order valence-corrected chi connectivity index (χ2v) is 4.39. The fraction of sp³-hybridized carbons (Fsp3) is 0.250. The molecule has 84 valence electrons. The number of rotatable bonds is 3. The van der Waals surface area contributed by atoms with Crippen molar-refractivity contribution in [2.75, 3.05) is 7.11 Å². The molecular weight excluding hydrogens is 228 g/mol. The van der Waals surface area contributed by atoms with Crippen LogP contribution in [0.4, 0.5) is 8.78 Å². The van der Waals surface area contributed by atoms with Crippen LogP contribution < -0.4 is 4.89 Å². The predicted molar refractivity (Wildman–Crippen MR) is 48.4 cm³/mol. The monoisotopic (exact) mass is 237 g/mol. The molecule has 4 nitrogen and oxygen atoms in total. The summed E-state index contributed by atoms with van der Waals surface area (Å²) in [5.41, 5.74) is -0.292. The Hall–Kier alpha value is -1.05. The van der Waals surface area contributed by atoms with Gasteiger partial charge in [-0.2, -0.15) is 0 Å². The Kier molecular flexibility index (Phi) is 3.38. The van der Waals surface area contributed by atoms with Gasteiger partial charge in [-0.25, -0.2) is 17.2 Å². The highest BCUT2D eigenvalue weighted by Crippen LogP contribution is 2.19. The zero-order valence-corrected chi connectivity index (χ0v) is 8.86. The summed E-state index contributed by atoms with van der Waals surface area (Å²) in [6, 6.07) is 1.71. The van der Waals surface area contributed by atoms with Gasteiger partial charge in [-0.1, -0.05) is 4.89 Å². The molecule has 0 bridgehead atoms. The average Bonchev–Trinajstić information content (AvgIpc) is 2.13. The maximum atomic E-state index is 13.1. The molecule has 0 aromatic heterocycles. The minimum atomic E-state index is -3.96.